The molecule has 198 valence electrons. The van der Waals surface area contributed by atoms with E-state index >= 15 is 0 Å². The maximum absolute atomic E-state index is 12.0. The van der Waals surface area contributed by atoms with Gasteiger partial charge in [-0.3, -0.25) is 0 Å². The molecule has 4 aliphatic rings. The van der Waals surface area contributed by atoms with Gasteiger partial charge in [-0.25, -0.2) is 0 Å². The number of hydrogen-bond acceptors (Lipinski definition) is 5. The van der Waals surface area contributed by atoms with Crippen LogP contribution in [0.15, 0.2) is 10.6 Å². The van der Waals surface area contributed by atoms with Gasteiger partial charge >= 0.3 is 0 Å². The predicted molar refractivity (Wildman–Crippen MR) is 137 cm³/mol. The molecule has 4 saturated carbocycles. The molecule has 5 rings (SSSR count). The summed E-state index contributed by atoms with van der Waals surface area (Å²) in [5.41, 5.74) is 0.543. The van der Waals surface area contributed by atoms with Crippen molar-refractivity contribution in [2.24, 2.45) is 51.8 Å². The Balaban J connectivity index is 1.37. The van der Waals surface area contributed by atoms with Crippen LogP contribution in [0.25, 0.3) is 0 Å². The normalized spacial score (nSPS) is 48.1. The van der Waals surface area contributed by atoms with Crippen LogP contribution in [-0.2, 0) is 6.42 Å². The smallest absolute Gasteiger partial charge is 0.254 e. The molecule has 0 amide bonds. The molecule has 1 aromatic heterocycles. The van der Waals surface area contributed by atoms with Gasteiger partial charge in [0.1, 0.15) is 5.76 Å². The Morgan fingerprint density at radius 3 is 2.54 bits per heavy atom. The number of aliphatic hydroxyl groups excluding tert-OH is 2. The second kappa shape index (κ2) is 9.04. The number of rotatable bonds is 6. The van der Waals surface area contributed by atoms with Crippen molar-refractivity contribution < 1.29 is 19.5 Å². The monoisotopic (exact) mass is 487 g/mol. The van der Waals surface area contributed by atoms with E-state index in [0.29, 0.717) is 40.9 Å². The second-order valence-corrected chi connectivity index (χ2v) is 13.6. The third-order valence-electron chi connectivity index (χ3n) is 12.5. The topological polar surface area (TPSA) is 75.7 Å². The summed E-state index contributed by atoms with van der Waals surface area (Å²) < 4.78 is 10.6. The molecule has 1 heterocycles. The van der Waals surface area contributed by atoms with Crippen molar-refractivity contribution in [2.45, 2.75) is 111 Å². The lowest BCUT2D eigenvalue weighted by Gasteiger charge is -2.69. The van der Waals surface area contributed by atoms with Crippen LogP contribution < -0.4 is 4.74 Å². The Morgan fingerprint density at radius 1 is 1.09 bits per heavy atom. The van der Waals surface area contributed by atoms with E-state index in [1.807, 2.05) is 6.07 Å². The van der Waals surface area contributed by atoms with Crippen molar-refractivity contribution in [3.05, 3.63) is 11.8 Å². The first kappa shape index (κ1) is 25.6. The number of aryl methyl sites for hydroxylation is 1. The van der Waals surface area contributed by atoms with Gasteiger partial charge in [-0.05, 0) is 108 Å². The van der Waals surface area contributed by atoms with E-state index < -0.39 is 0 Å². The first-order valence-corrected chi connectivity index (χ1v) is 14.4. The highest BCUT2D eigenvalue weighted by molar-refractivity contribution is 5.17. The lowest BCUT2D eigenvalue weighted by Crippen LogP contribution is -2.66. The summed E-state index contributed by atoms with van der Waals surface area (Å²) in [7, 11) is 1.63. The number of hydrogen-bond donors (Lipinski definition) is 2. The molecule has 4 fully saturated rings. The van der Waals surface area contributed by atoms with E-state index in [9.17, 15) is 10.2 Å². The second-order valence-electron chi connectivity index (χ2n) is 13.6. The zero-order valence-corrected chi connectivity index (χ0v) is 22.9. The van der Waals surface area contributed by atoms with Crippen molar-refractivity contribution >= 4 is 0 Å². The zero-order chi connectivity index (χ0) is 25.2. The van der Waals surface area contributed by atoms with Gasteiger partial charge in [0.15, 0.2) is 0 Å². The fourth-order valence-electron chi connectivity index (χ4n) is 10.6. The Morgan fingerprint density at radius 2 is 1.86 bits per heavy atom. The highest BCUT2D eigenvalue weighted by Gasteiger charge is 2.68. The van der Waals surface area contributed by atoms with Gasteiger partial charge in [-0.1, -0.05) is 41.0 Å². The van der Waals surface area contributed by atoms with E-state index in [1.54, 1.807) is 7.11 Å². The predicted octanol–water partition coefficient (Wildman–Crippen LogP) is 6.27. The van der Waals surface area contributed by atoms with E-state index in [1.165, 1.54) is 25.7 Å². The highest BCUT2D eigenvalue weighted by Crippen LogP contribution is 2.72. The molecule has 0 radical (unpaired) electrons. The minimum Gasteiger partial charge on any atom is -0.479 e. The summed E-state index contributed by atoms with van der Waals surface area (Å²) >= 11 is 0. The maximum atomic E-state index is 12.0. The fourth-order valence-corrected chi connectivity index (χ4v) is 10.6. The number of nitrogens with zero attached hydrogens (tertiary/aromatic N) is 1. The van der Waals surface area contributed by atoms with E-state index in [0.717, 1.165) is 44.3 Å². The van der Waals surface area contributed by atoms with Crippen LogP contribution in [0.2, 0.25) is 0 Å². The SMILES string of the molecule is CC[C@H]1[C@@H](O)C2C3CC[C@H]([C@H](C)CCc4cc(OC)no4)[C@@]3(C)CCC2[C@@]2(C)CC[C@@H](O)C[C@@]12C. The standard InChI is InChI=1S/C30H49NO4/c1-7-21-27(33)26-23-11-10-22(18(2)8-9-20-16-25(34-6)31-35-20)28(23,3)14-13-24(26)29(4)15-12-19(32)17-30(21,29)5/h16,18-19,21-24,26-27,32-33H,7-15,17H2,1-6H3/t18-,19-,21+,22-,23?,24?,26?,27-,28-,29-,30+/m1/s1. The van der Waals surface area contributed by atoms with Crippen LogP contribution in [0.4, 0.5) is 0 Å². The Bertz CT molecular complexity index is 901. The van der Waals surface area contributed by atoms with Gasteiger partial charge in [-0.15, -0.1) is 0 Å². The largest absolute Gasteiger partial charge is 0.479 e. The van der Waals surface area contributed by atoms with Gasteiger partial charge in [0.25, 0.3) is 5.88 Å². The Hall–Kier alpha value is -1.07. The molecule has 0 spiro atoms. The molecular weight excluding hydrogens is 438 g/mol. The lowest BCUT2D eigenvalue weighted by atomic mass is 9.36. The molecule has 35 heavy (non-hydrogen) atoms. The molecule has 3 unspecified atom stereocenters. The molecule has 0 aromatic carbocycles. The Labute approximate surface area is 212 Å². The van der Waals surface area contributed by atoms with Gasteiger partial charge in [0, 0.05) is 12.5 Å². The molecule has 2 N–H and O–H groups in total. The van der Waals surface area contributed by atoms with Crippen molar-refractivity contribution in [2.75, 3.05) is 7.11 Å². The van der Waals surface area contributed by atoms with Gasteiger partial charge < -0.3 is 19.5 Å². The zero-order valence-electron chi connectivity index (χ0n) is 22.9. The molecule has 5 heteroatoms. The Kier molecular flexibility index (Phi) is 6.61. The summed E-state index contributed by atoms with van der Waals surface area (Å²) in [6, 6.07) is 1.92. The van der Waals surface area contributed by atoms with Crippen LogP contribution in [-0.4, -0.2) is 34.7 Å². The number of aromatic nitrogens is 1. The van der Waals surface area contributed by atoms with Gasteiger partial charge in [0.05, 0.1) is 19.3 Å². The maximum Gasteiger partial charge on any atom is 0.254 e. The summed E-state index contributed by atoms with van der Waals surface area (Å²) in [5.74, 6) is 4.66. The number of aliphatic hydroxyl groups is 2. The number of fused-ring (bicyclic) bond motifs is 5. The van der Waals surface area contributed by atoms with Crippen LogP contribution >= 0.6 is 0 Å². The van der Waals surface area contributed by atoms with Crippen molar-refractivity contribution in [1.82, 2.24) is 5.16 Å². The van der Waals surface area contributed by atoms with Crippen LogP contribution in [0.3, 0.4) is 0 Å². The third kappa shape index (κ3) is 3.73. The van der Waals surface area contributed by atoms with Crippen LogP contribution in [0, 0.1) is 51.8 Å². The number of ether oxygens (including phenoxy) is 1. The molecule has 5 nitrogen and oxygen atoms in total. The summed E-state index contributed by atoms with van der Waals surface area (Å²) in [6.45, 7) is 12.2. The first-order chi connectivity index (χ1) is 16.6. The summed E-state index contributed by atoms with van der Waals surface area (Å²) in [4.78, 5) is 0. The van der Waals surface area contributed by atoms with Crippen molar-refractivity contribution in [3.8, 4) is 5.88 Å². The minimum absolute atomic E-state index is 0.0250. The average molecular weight is 488 g/mol. The summed E-state index contributed by atoms with van der Waals surface area (Å²) in [5, 5.41) is 26.6. The van der Waals surface area contributed by atoms with Gasteiger partial charge in [-0.2, -0.15) is 0 Å². The van der Waals surface area contributed by atoms with E-state index in [2.05, 4.69) is 39.8 Å². The van der Waals surface area contributed by atoms with Crippen LogP contribution in [0.5, 0.6) is 5.88 Å². The molecule has 4 aliphatic carbocycles. The third-order valence-corrected chi connectivity index (χ3v) is 12.5. The van der Waals surface area contributed by atoms with E-state index in [-0.39, 0.29) is 29.0 Å². The molecule has 0 bridgehead atoms. The molecule has 1 aromatic rings. The number of methoxy groups -OCH3 is 1. The summed E-state index contributed by atoms with van der Waals surface area (Å²) in [6.07, 6.45) is 10.5. The molecule has 11 atom stereocenters. The lowest BCUT2D eigenvalue weighted by molar-refractivity contribution is -0.243. The minimum atomic E-state index is -0.242. The highest BCUT2D eigenvalue weighted by atomic mass is 16.5. The molecule has 0 saturated heterocycles. The van der Waals surface area contributed by atoms with Crippen LogP contribution in [0.1, 0.15) is 98.2 Å². The average Bonchev–Trinajstić information content (AvgIpc) is 3.43. The van der Waals surface area contributed by atoms with Crippen molar-refractivity contribution in [1.29, 1.82) is 0 Å². The van der Waals surface area contributed by atoms with E-state index in [4.69, 9.17) is 9.26 Å². The molecule has 0 aliphatic heterocycles. The molecular formula is C30H49NO4. The fraction of sp³-hybridized carbons (Fsp3) is 0.900. The van der Waals surface area contributed by atoms with Crippen molar-refractivity contribution in [3.63, 3.8) is 0 Å². The van der Waals surface area contributed by atoms with Gasteiger partial charge in [0.2, 0.25) is 0 Å². The quantitative estimate of drug-likeness (QED) is 0.495. The first-order valence-electron chi connectivity index (χ1n) is 14.4.